The summed E-state index contributed by atoms with van der Waals surface area (Å²) in [6.07, 6.45) is -0.670. The number of hydrogen-bond donors (Lipinski definition) is 2. The Labute approximate surface area is 224 Å². The van der Waals surface area contributed by atoms with Gasteiger partial charge in [-0.15, -0.1) is 11.3 Å². The van der Waals surface area contributed by atoms with Crippen LogP contribution in [0.2, 0.25) is 5.02 Å². The zero-order valence-electron chi connectivity index (χ0n) is 21.4. The Morgan fingerprint density at radius 3 is 2.54 bits per heavy atom. The molecular weight excluding hydrogens is 516 g/mol. The SMILES string of the molecule is COc1noc(C(C(=O)N2C[C@H](O)C[C@H]2C(=O)N[C@@H](C)c2ccc(-c3scnc3C)cc2)C(C)C)c1Cl. The van der Waals surface area contributed by atoms with Crippen LogP contribution in [0.1, 0.15) is 56.2 Å². The van der Waals surface area contributed by atoms with Crippen molar-refractivity contribution in [1.29, 1.82) is 0 Å². The van der Waals surface area contributed by atoms with E-state index in [1.54, 1.807) is 11.3 Å². The highest BCUT2D eigenvalue weighted by Gasteiger charge is 2.44. The van der Waals surface area contributed by atoms with E-state index in [9.17, 15) is 14.7 Å². The van der Waals surface area contributed by atoms with E-state index in [-0.39, 0.29) is 53.4 Å². The van der Waals surface area contributed by atoms with Crippen molar-refractivity contribution in [2.45, 2.75) is 58.2 Å². The first-order valence-corrected chi connectivity index (χ1v) is 13.4. The maximum atomic E-state index is 13.7. The van der Waals surface area contributed by atoms with Crippen LogP contribution in [-0.4, -0.2) is 57.8 Å². The minimum atomic E-state index is -0.825. The summed E-state index contributed by atoms with van der Waals surface area (Å²) in [6, 6.07) is 6.84. The minimum Gasteiger partial charge on any atom is -0.478 e. The Kier molecular flexibility index (Phi) is 8.20. The summed E-state index contributed by atoms with van der Waals surface area (Å²) < 4.78 is 10.4. The van der Waals surface area contributed by atoms with E-state index in [0.717, 1.165) is 21.7 Å². The molecule has 4 atom stereocenters. The summed E-state index contributed by atoms with van der Waals surface area (Å²) in [6.45, 7) is 7.62. The number of ether oxygens (including phenoxy) is 1. The molecule has 1 aliphatic rings. The van der Waals surface area contributed by atoms with Crippen molar-refractivity contribution in [1.82, 2.24) is 20.4 Å². The molecule has 37 heavy (non-hydrogen) atoms. The summed E-state index contributed by atoms with van der Waals surface area (Å²) in [5.74, 6) is -1.40. The second kappa shape index (κ2) is 11.2. The standard InChI is InChI=1S/C26H31ClN4O5S/c1-13(2)20(22-21(27)25(35-5)30-36-22)26(34)31-11-18(32)10-19(31)24(33)29-14(3)16-6-8-17(9-7-16)23-15(4)28-12-37-23/h6-9,12-14,18-20,32H,10-11H2,1-5H3,(H,29,33)/t14-,18+,19-,20?/m0/s1. The van der Waals surface area contributed by atoms with Gasteiger partial charge in [-0.05, 0) is 36.0 Å². The van der Waals surface area contributed by atoms with Crippen molar-refractivity contribution >= 4 is 34.8 Å². The van der Waals surface area contributed by atoms with Crippen LogP contribution >= 0.6 is 22.9 Å². The van der Waals surface area contributed by atoms with E-state index in [2.05, 4.69) is 15.5 Å². The van der Waals surface area contributed by atoms with Crippen molar-refractivity contribution in [2.24, 2.45) is 5.92 Å². The van der Waals surface area contributed by atoms with Crippen LogP contribution in [0.5, 0.6) is 5.88 Å². The Morgan fingerprint density at radius 2 is 1.97 bits per heavy atom. The average molecular weight is 547 g/mol. The summed E-state index contributed by atoms with van der Waals surface area (Å²) in [7, 11) is 1.41. The van der Waals surface area contributed by atoms with Crippen molar-refractivity contribution in [3.05, 3.63) is 51.8 Å². The van der Waals surface area contributed by atoms with Gasteiger partial charge in [0.25, 0.3) is 5.88 Å². The van der Waals surface area contributed by atoms with Crippen molar-refractivity contribution < 1.29 is 24.0 Å². The largest absolute Gasteiger partial charge is 0.478 e. The van der Waals surface area contributed by atoms with Gasteiger partial charge in [0.2, 0.25) is 11.8 Å². The van der Waals surface area contributed by atoms with Gasteiger partial charge >= 0.3 is 0 Å². The topological polar surface area (TPSA) is 118 Å². The van der Waals surface area contributed by atoms with Gasteiger partial charge in [-0.3, -0.25) is 9.59 Å². The Balaban J connectivity index is 1.50. The number of methoxy groups -OCH3 is 1. The smallest absolute Gasteiger partial charge is 0.273 e. The number of β-amino-alcohol motifs (C(OH)–C–C–N with tert-alkyl or cyclic N) is 1. The first-order chi connectivity index (χ1) is 17.6. The number of halogens is 1. The number of rotatable bonds is 8. The maximum absolute atomic E-state index is 13.7. The molecule has 1 aliphatic heterocycles. The van der Waals surface area contributed by atoms with E-state index in [1.807, 2.05) is 57.5 Å². The molecule has 1 fully saturated rings. The molecule has 0 spiro atoms. The van der Waals surface area contributed by atoms with E-state index < -0.39 is 18.1 Å². The molecule has 4 rings (SSSR count). The molecule has 11 heteroatoms. The molecule has 3 aromatic rings. The highest BCUT2D eigenvalue weighted by molar-refractivity contribution is 7.13. The van der Waals surface area contributed by atoms with Gasteiger partial charge in [0.1, 0.15) is 17.0 Å². The summed E-state index contributed by atoms with van der Waals surface area (Å²) in [4.78, 5) is 33.8. The van der Waals surface area contributed by atoms with E-state index in [1.165, 1.54) is 12.0 Å². The van der Waals surface area contributed by atoms with Crippen LogP contribution in [0.4, 0.5) is 0 Å². The van der Waals surface area contributed by atoms with Gasteiger partial charge < -0.3 is 24.6 Å². The monoisotopic (exact) mass is 546 g/mol. The fraction of sp³-hybridized carbons (Fsp3) is 0.462. The van der Waals surface area contributed by atoms with E-state index in [0.29, 0.717) is 0 Å². The van der Waals surface area contributed by atoms with Crippen molar-refractivity contribution in [3.63, 3.8) is 0 Å². The fourth-order valence-corrected chi connectivity index (χ4v) is 5.75. The zero-order chi connectivity index (χ0) is 26.9. The van der Waals surface area contributed by atoms with Crippen molar-refractivity contribution in [2.75, 3.05) is 13.7 Å². The lowest BCUT2D eigenvalue weighted by molar-refractivity contribution is -0.141. The number of thiazole rings is 1. The number of hydrogen-bond acceptors (Lipinski definition) is 8. The first-order valence-electron chi connectivity index (χ1n) is 12.1. The number of aromatic nitrogens is 2. The molecule has 1 unspecified atom stereocenters. The molecule has 2 aromatic heterocycles. The normalized spacial score (nSPS) is 19.2. The molecule has 198 valence electrons. The lowest BCUT2D eigenvalue weighted by atomic mass is 9.91. The maximum Gasteiger partial charge on any atom is 0.273 e. The highest BCUT2D eigenvalue weighted by Crippen LogP contribution is 2.38. The second-order valence-corrected chi connectivity index (χ2v) is 10.8. The van der Waals surface area contributed by atoms with Gasteiger partial charge in [0.05, 0.1) is 35.3 Å². The number of aryl methyl sites for hydroxylation is 1. The number of carbonyl (C=O) groups is 2. The molecule has 0 aliphatic carbocycles. The molecule has 2 amide bonds. The number of nitrogens with zero attached hydrogens (tertiary/aromatic N) is 3. The molecule has 0 saturated carbocycles. The lowest BCUT2D eigenvalue weighted by Gasteiger charge is -2.29. The summed E-state index contributed by atoms with van der Waals surface area (Å²) in [5, 5.41) is 17.3. The lowest BCUT2D eigenvalue weighted by Crippen LogP contribution is -2.48. The number of aliphatic hydroxyl groups is 1. The predicted octanol–water partition coefficient (Wildman–Crippen LogP) is 4.35. The summed E-state index contributed by atoms with van der Waals surface area (Å²) >= 11 is 7.93. The van der Waals surface area contributed by atoms with Crippen molar-refractivity contribution in [3.8, 4) is 16.3 Å². The van der Waals surface area contributed by atoms with Gasteiger partial charge in [0.15, 0.2) is 5.76 Å². The number of nitrogens with one attached hydrogen (secondary N) is 1. The number of amides is 2. The van der Waals surface area contributed by atoms with Gasteiger partial charge in [0, 0.05) is 13.0 Å². The third-order valence-corrected chi connectivity index (χ3v) is 8.01. The third-order valence-electron chi connectivity index (χ3n) is 6.68. The molecular formula is C26H31ClN4O5S. The first kappa shape index (κ1) is 27.1. The van der Waals surface area contributed by atoms with Crippen LogP contribution in [0.25, 0.3) is 10.4 Å². The number of benzene rings is 1. The Morgan fingerprint density at radius 1 is 1.27 bits per heavy atom. The number of likely N-dealkylation sites (tertiary alicyclic amines) is 1. The quantitative estimate of drug-likeness (QED) is 0.431. The van der Waals surface area contributed by atoms with Crippen LogP contribution in [-0.2, 0) is 9.59 Å². The van der Waals surface area contributed by atoms with Gasteiger partial charge in [-0.2, -0.15) is 0 Å². The molecule has 1 aromatic carbocycles. The van der Waals surface area contributed by atoms with Crippen LogP contribution < -0.4 is 10.1 Å². The minimum absolute atomic E-state index is 0.0420. The highest BCUT2D eigenvalue weighted by atomic mass is 35.5. The van der Waals surface area contributed by atoms with Crippen LogP contribution in [0.15, 0.2) is 34.3 Å². The summed E-state index contributed by atoms with van der Waals surface area (Å²) in [5.41, 5.74) is 4.80. The number of aliphatic hydroxyl groups excluding tert-OH is 1. The zero-order valence-corrected chi connectivity index (χ0v) is 23.0. The Hall–Kier alpha value is -2.95. The predicted molar refractivity (Wildman–Crippen MR) is 141 cm³/mol. The number of carbonyl (C=O) groups excluding carboxylic acids is 2. The molecule has 1 saturated heterocycles. The van der Waals surface area contributed by atoms with Crippen LogP contribution in [0, 0.1) is 12.8 Å². The van der Waals surface area contributed by atoms with Gasteiger partial charge in [-0.25, -0.2) is 4.98 Å². The molecule has 9 nitrogen and oxygen atoms in total. The Bertz CT molecular complexity index is 1260. The van der Waals surface area contributed by atoms with E-state index >= 15 is 0 Å². The fourth-order valence-electron chi connectivity index (χ4n) is 4.68. The molecule has 0 bridgehead atoms. The second-order valence-electron chi connectivity index (χ2n) is 9.61. The molecule has 3 heterocycles. The average Bonchev–Trinajstić information content (AvgIpc) is 3.57. The van der Waals surface area contributed by atoms with E-state index in [4.69, 9.17) is 20.9 Å². The third kappa shape index (κ3) is 5.51. The van der Waals surface area contributed by atoms with Gasteiger partial charge in [-0.1, -0.05) is 49.7 Å². The molecule has 2 N–H and O–H groups in total. The molecule has 0 radical (unpaired) electrons. The van der Waals surface area contributed by atoms with Crippen LogP contribution in [0.3, 0.4) is 0 Å².